The van der Waals surface area contributed by atoms with E-state index in [0.717, 1.165) is 31.1 Å². The Bertz CT molecular complexity index is 535. The molecule has 2 aliphatic rings. The van der Waals surface area contributed by atoms with Gasteiger partial charge in [-0.3, -0.25) is 9.59 Å². The zero-order valence-corrected chi connectivity index (χ0v) is 11.1. The van der Waals surface area contributed by atoms with Crippen molar-refractivity contribution in [1.82, 2.24) is 0 Å². The van der Waals surface area contributed by atoms with E-state index < -0.39 is 11.7 Å². The average molecular weight is 258 g/mol. The van der Waals surface area contributed by atoms with Crippen LogP contribution in [0.4, 0.5) is 11.4 Å². The number of hydrogen-bond donors (Lipinski definition) is 1. The number of Topliss-reactive ketones (excluding diaryl/α,β-unsaturated/α-hetero) is 1. The van der Waals surface area contributed by atoms with E-state index in [1.807, 2.05) is 12.1 Å². The molecule has 1 saturated carbocycles. The van der Waals surface area contributed by atoms with Crippen LogP contribution in [-0.2, 0) is 4.79 Å². The third-order valence-corrected chi connectivity index (χ3v) is 3.74. The topological polar surface area (TPSA) is 49.4 Å². The van der Waals surface area contributed by atoms with Gasteiger partial charge in [-0.15, -0.1) is 0 Å². The predicted molar refractivity (Wildman–Crippen MR) is 74.6 cm³/mol. The lowest BCUT2D eigenvalue weighted by Gasteiger charge is -2.24. The van der Waals surface area contributed by atoms with Gasteiger partial charge in [-0.2, -0.15) is 0 Å². The lowest BCUT2D eigenvalue weighted by atomic mass is 10.1. The number of hydrogen-bond acceptors (Lipinski definition) is 3. The summed E-state index contributed by atoms with van der Waals surface area (Å²) in [6, 6.07) is 5.64. The second-order valence-corrected chi connectivity index (χ2v) is 5.40. The van der Waals surface area contributed by atoms with Gasteiger partial charge >= 0.3 is 0 Å². The number of nitrogens with one attached hydrogen (secondary N) is 1. The van der Waals surface area contributed by atoms with Crippen LogP contribution >= 0.6 is 0 Å². The fraction of sp³-hybridized carbons (Fsp3) is 0.467. The first-order chi connectivity index (χ1) is 9.19. The van der Waals surface area contributed by atoms with Crippen molar-refractivity contribution < 1.29 is 9.59 Å². The van der Waals surface area contributed by atoms with Crippen molar-refractivity contribution in [1.29, 1.82) is 0 Å². The molecule has 1 heterocycles. The van der Waals surface area contributed by atoms with Crippen LogP contribution in [-0.4, -0.2) is 24.8 Å². The van der Waals surface area contributed by atoms with Crippen molar-refractivity contribution >= 4 is 23.1 Å². The van der Waals surface area contributed by atoms with E-state index >= 15 is 0 Å². The Kier molecular flexibility index (Phi) is 3.01. The van der Waals surface area contributed by atoms with Crippen molar-refractivity contribution in [2.45, 2.75) is 26.2 Å². The van der Waals surface area contributed by atoms with Crippen molar-refractivity contribution in [2.75, 3.05) is 23.3 Å². The smallest absolute Gasteiger partial charge is 0.296 e. The van der Waals surface area contributed by atoms with Crippen LogP contribution in [0.1, 0.15) is 36.5 Å². The summed E-state index contributed by atoms with van der Waals surface area (Å²) in [4.78, 5) is 25.3. The predicted octanol–water partition coefficient (Wildman–Crippen LogP) is 2.45. The number of amides is 1. The third kappa shape index (κ3) is 2.35. The van der Waals surface area contributed by atoms with Crippen molar-refractivity contribution in [3.63, 3.8) is 0 Å². The van der Waals surface area contributed by atoms with Crippen LogP contribution in [0.2, 0.25) is 0 Å². The second-order valence-electron chi connectivity index (χ2n) is 5.40. The number of fused-ring (bicyclic) bond motifs is 1. The largest absolute Gasteiger partial charge is 0.371 e. The number of ketones is 1. The van der Waals surface area contributed by atoms with Crippen LogP contribution in [0, 0.1) is 5.92 Å². The lowest BCUT2D eigenvalue weighted by Crippen LogP contribution is -2.26. The maximum atomic E-state index is 11.6. The highest BCUT2D eigenvalue weighted by Crippen LogP contribution is 2.33. The van der Waals surface area contributed by atoms with E-state index in [9.17, 15) is 9.59 Å². The number of nitrogens with zero attached hydrogens (tertiary/aromatic N) is 1. The Balaban J connectivity index is 1.85. The SMILES string of the molecule is CCCN(CC1CC1)c1ccc2c(c1)NC(=O)C2=O. The van der Waals surface area contributed by atoms with E-state index in [1.165, 1.54) is 12.8 Å². The van der Waals surface area contributed by atoms with Crippen molar-refractivity contribution in [3.8, 4) is 0 Å². The first-order valence-electron chi connectivity index (χ1n) is 6.93. The number of anilines is 2. The molecule has 1 fully saturated rings. The molecule has 19 heavy (non-hydrogen) atoms. The zero-order chi connectivity index (χ0) is 13.4. The van der Waals surface area contributed by atoms with Gasteiger partial charge in [0, 0.05) is 18.8 Å². The molecule has 0 aromatic heterocycles. The molecule has 3 rings (SSSR count). The van der Waals surface area contributed by atoms with Crippen LogP contribution in [0.15, 0.2) is 18.2 Å². The molecule has 1 N–H and O–H groups in total. The van der Waals surface area contributed by atoms with E-state index in [2.05, 4.69) is 17.1 Å². The molecule has 4 nitrogen and oxygen atoms in total. The van der Waals surface area contributed by atoms with Crippen LogP contribution in [0.3, 0.4) is 0 Å². The third-order valence-electron chi connectivity index (χ3n) is 3.74. The molecule has 0 spiro atoms. The van der Waals surface area contributed by atoms with E-state index in [-0.39, 0.29) is 0 Å². The number of carbonyl (C=O) groups is 2. The minimum Gasteiger partial charge on any atom is -0.371 e. The van der Waals surface area contributed by atoms with Gasteiger partial charge in [0.1, 0.15) is 0 Å². The van der Waals surface area contributed by atoms with Gasteiger partial charge in [-0.05, 0) is 43.4 Å². The van der Waals surface area contributed by atoms with Gasteiger partial charge < -0.3 is 10.2 Å². The molecular formula is C15H18N2O2. The first kappa shape index (κ1) is 12.2. The van der Waals surface area contributed by atoms with Gasteiger partial charge in [-0.25, -0.2) is 0 Å². The molecule has 1 aliphatic carbocycles. The number of rotatable bonds is 5. The van der Waals surface area contributed by atoms with Crippen LogP contribution in [0.5, 0.6) is 0 Å². The van der Waals surface area contributed by atoms with Gasteiger partial charge in [0.15, 0.2) is 0 Å². The molecule has 4 heteroatoms. The fourth-order valence-corrected chi connectivity index (χ4v) is 2.54. The normalized spacial score (nSPS) is 17.3. The van der Waals surface area contributed by atoms with E-state index in [0.29, 0.717) is 11.3 Å². The average Bonchev–Trinajstić information content (AvgIpc) is 3.16. The summed E-state index contributed by atoms with van der Waals surface area (Å²) in [7, 11) is 0. The highest BCUT2D eigenvalue weighted by atomic mass is 16.2. The molecule has 0 radical (unpaired) electrons. The minimum atomic E-state index is -0.517. The zero-order valence-electron chi connectivity index (χ0n) is 11.1. The van der Waals surface area contributed by atoms with E-state index in [4.69, 9.17) is 0 Å². The standard InChI is InChI=1S/C15H18N2O2/c1-2-7-17(9-10-3-4-10)11-5-6-12-13(8-11)16-15(19)14(12)18/h5-6,8,10H,2-4,7,9H2,1H3,(H,16,18,19). The van der Waals surface area contributed by atoms with Crippen molar-refractivity contribution in [3.05, 3.63) is 23.8 Å². The van der Waals surface area contributed by atoms with Gasteiger partial charge in [0.05, 0.1) is 11.3 Å². The van der Waals surface area contributed by atoms with E-state index in [1.54, 1.807) is 6.07 Å². The Labute approximate surface area is 112 Å². The van der Waals surface area contributed by atoms with Gasteiger partial charge in [0.25, 0.3) is 11.7 Å². The molecule has 100 valence electrons. The molecule has 1 aromatic rings. The molecule has 1 aromatic carbocycles. The molecular weight excluding hydrogens is 240 g/mol. The first-order valence-corrected chi connectivity index (χ1v) is 6.93. The quantitative estimate of drug-likeness (QED) is 0.825. The maximum Gasteiger partial charge on any atom is 0.296 e. The molecule has 1 aliphatic heterocycles. The lowest BCUT2D eigenvalue weighted by molar-refractivity contribution is -0.112. The Morgan fingerprint density at radius 3 is 2.79 bits per heavy atom. The second kappa shape index (κ2) is 4.68. The monoisotopic (exact) mass is 258 g/mol. The van der Waals surface area contributed by atoms with Crippen LogP contribution < -0.4 is 10.2 Å². The Morgan fingerprint density at radius 2 is 2.11 bits per heavy atom. The van der Waals surface area contributed by atoms with Crippen LogP contribution in [0.25, 0.3) is 0 Å². The molecule has 1 amide bonds. The van der Waals surface area contributed by atoms with Crippen molar-refractivity contribution in [2.24, 2.45) is 5.92 Å². The molecule has 0 atom stereocenters. The highest BCUT2D eigenvalue weighted by molar-refractivity contribution is 6.51. The Hall–Kier alpha value is -1.84. The summed E-state index contributed by atoms with van der Waals surface area (Å²) in [6.07, 6.45) is 3.73. The molecule has 0 unspecified atom stereocenters. The van der Waals surface area contributed by atoms with Gasteiger partial charge in [0.2, 0.25) is 0 Å². The molecule has 0 bridgehead atoms. The summed E-state index contributed by atoms with van der Waals surface area (Å²) < 4.78 is 0. The fourth-order valence-electron chi connectivity index (χ4n) is 2.54. The summed E-state index contributed by atoms with van der Waals surface area (Å²) in [5.41, 5.74) is 2.25. The summed E-state index contributed by atoms with van der Waals surface area (Å²) in [6.45, 7) is 4.25. The number of benzene rings is 1. The van der Waals surface area contributed by atoms with Gasteiger partial charge in [-0.1, -0.05) is 6.92 Å². The summed E-state index contributed by atoms with van der Waals surface area (Å²) in [5.74, 6) is -0.127. The summed E-state index contributed by atoms with van der Waals surface area (Å²) >= 11 is 0. The molecule has 0 saturated heterocycles. The minimum absolute atomic E-state index is 0.425. The maximum absolute atomic E-state index is 11.6. The highest BCUT2D eigenvalue weighted by Gasteiger charge is 2.29. The number of carbonyl (C=O) groups excluding carboxylic acids is 2. The summed E-state index contributed by atoms with van der Waals surface area (Å²) in [5, 5.41) is 2.64. The Morgan fingerprint density at radius 1 is 1.32 bits per heavy atom.